The molecule has 33 heavy (non-hydrogen) atoms. The minimum absolute atomic E-state index is 0.0619. The molecular weight excluding hydrogens is 467 g/mol. The molecule has 8 nitrogen and oxygen atoms in total. The average molecular weight is 485 g/mol. The molecule has 2 aromatic carbocycles. The van der Waals surface area contributed by atoms with E-state index < -0.39 is 16.9 Å². The monoisotopic (exact) mass is 484 g/mol. The zero-order valence-corrected chi connectivity index (χ0v) is 19.4. The molecule has 0 saturated carbocycles. The van der Waals surface area contributed by atoms with E-state index in [0.29, 0.717) is 17.7 Å². The third-order valence-electron chi connectivity index (χ3n) is 4.67. The topological polar surface area (TPSA) is 118 Å². The number of allylic oxidation sites excluding steroid dienone is 2. The van der Waals surface area contributed by atoms with Gasteiger partial charge in [0.05, 0.1) is 15.7 Å². The lowest BCUT2D eigenvalue weighted by molar-refractivity contribution is -0.111. The van der Waals surface area contributed by atoms with Crippen LogP contribution >= 0.6 is 23.2 Å². The fourth-order valence-electron chi connectivity index (χ4n) is 3.13. The molecule has 3 aromatic rings. The van der Waals surface area contributed by atoms with Crippen molar-refractivity contribution in [3.05, 3.63) is 84.1 Å². The molecule has 1 aromatic heterocycles. The van der Waals surface area contributed by atoms with Gasteiger partial charge in [0.2, 0.25) is 5.69 Å². The molecule has 0 aliphatic carbocycles. The van der Waals surface area contributed by atoms with Gasteiger partial charge in [-0.1, -0.05) is 42.3 Å². The molecule has 0 aliphatic rings. The van der Waals surface area contributed by atoms with Crippen molar-refractivity contribution in [3.8, 4) is 23.3 Å². The van der Waals surface area contributed by atoms with Gasteiger partial charge in [0.25, 0.3) is 5.56 Å². The van der Waals surface area contributed by atoms with Crippen molar-refractivity contribution < 1.29 is 9.53 Å². The second kappa shape index (κ2) is 9.86. The number of nitrogens with zero attached hydrogens (tertiary/aromatic N) is 3. The maximum Gasteiger partial charge on any atom is 0.349 e. The van der Waals surface area contributed by atoms with E-state index in [9.17, 15) is 14.4 Å². The van der Waals surface area contributed by atoms with E-state index in [4.69, 9.17) is 33.2 Å². The number of Topliss-reactive ketones (excluding diaryl/α,β-unsaturated/α-hetero) is 1. The molecular formula is C23H18Cl2N4O4. The Hall–Kier alpha value is -3.67. The first kappa shape index (κ1) is 24.0. The lowest BCUT2D eigenvalue weighted by Gasteiger charge is -2.14. The van der Waals surface area contributed by atoms with E-state index in [1.807, 2.05) is 31.0 Å². The number of carbonyl (C=O) groups is 1. The normalized spacial score (nSPS) is 11.2. The first-order valence-corrected chi connectivity index (χ1v) is 10.5. The Morgan fingerprint density at radius 1 is 1.24 bits per heavy atom. The minimum atomic E-state index is -0.895. The van der Waals surface area contributed by atoms with Crippen molar-refractivity contribution in [2.45, 2.75) is 27.2 Å². The number of aryl methyl sites for hydroxylation is 1. The Bertz CT molecular complexity index is 1430. The highest BCUT2D eigenvalue weighted by molar-refractivity contribution is 6.37. The van der Waals surface area contributed by atoms with Gasteiger partial charge >= 0.3 is 5.69 Å². The number of ether oxygens (including phenoxy) is 1. The highest BCUT2D eigenvalue weighted by Gasteiger charge is 2.17. The molecule has 1 heterocycles. The molecule has 0 atom stereocenters. The van der Waals surface area contributed by atoms with E-state index in [1.54, 1.807) is 18.2 Å². The summed E-state index contributed by atoms with van der Waals surface area (Å²) in [5.74, 6) is 0.466. The largest absolute Gasteiger partial charge is 0.454 e. The van der Waals surface area contributed by atoms with Crippen LogP contribution in [0.4, 0.5) is 0 Å². The lowest BCUT2D eigenvalue weighted by Crippen LogP contribution is -2.33. The highest BCUT2D eigenvalue weighted by atomic mass is 35.5. The third kappa shape index (κ3) is 5.06. The predicted octanol–water partition coefficient (Wildman–Crippen LogP) is 4.58. The van der Waals surface area contributed by atoms with Crippen LogP contribution in [0.1, 0.15) is 37.1 Å². The van der Waals surface area contributed by atoms with Gasteiger partial charge in [0.15, 0.2) is 11.5 Å². The van der Waals surface area contributed by atoms with Crippen LogP contribution in [0.25, 0.3) is 11.3 Å². The van der Waals surface area contributed by atoms with Crippen molar-refractivity contribution in [3.63, 3.8) is 0 Å². The quantitative estimate of drug-likeness (QED) is 0.511. The van der Waals surface area contributed by atoms with Crippen LogP contribution in [-0.4, -0.2) is 20.5 Å². The van der Waals surface area contributed by atoms with Crippen LogP contribution in [0, 0.1) is 18.3 Å². The molecule has 0 radical (unpaired) electrons. The number of hydrogen-bond donors (Lipinski definition) is 1. The highest BCUT2D eigenvalue weighted by Crippen LogP contribution is 2.39. The van der Waals surface area contributed by atoms with Crippen LogP contribution in [0.3, 0.4) is 0 Å². The third-order valence-corrected chi connectivity index (χ3v) is 5.23. The smallest absolute Gasteiger partial charge is 0.349 e. The summed E-state index contributed by atoms with van der Waals surface area (Å²) in [6.07, 6.45) is 2.55. The number of nitriles is 1. The summed E-state index contributed by atoms with van der Waals surface area (Å²) in [5.41, 5.74) is 0.112. The summed E-state index contributed by atoms with van der Waals surface area (Å²) in [7, 11) is 0. The van der Waals surface area contributed by atoms with Crippen molar-refractivity contribution in [2.24, 2.45) is 0 Å². The van der Waals surface area contributed by atoms with Crippen molar-refractivity contribution in [2.75, 3.05) is 0 Å². The molecule has 0 bridgehead atoms. The Morgan fingerprint density at radius 2 is 1.91 bits per heavy atom. The first-order chi connectivity index (χ1) is 15.7. The Kier molecular flexibility index (Phi) is 7.16. The standard InChI is InChI=1S/C23H18Cl2N4O4/c1-4-5-16(13(3)30)17-10-15(7-6-12(17)2)33-21-18(24)8-14(9-19(21)25)29-23(32)27-22(31)20(11-26)28-29/h5-10H,4H2,1-3H3,(H,27,31,32)/b16-5-. The predicted molar refractivity (Wildman–Crippen MR) is 125 cm³/mol. The minimum Gasteiger partial charge on any atom is -0.454 e. The number of H-pyrrole nitrogens is 1. The van der Waals surface area contributed by atoms with Gasteiger partial charge in [-0.25, -0.2) is 4.79 Å². The van der Waals surface area contributed by atoms with E-state index in [-0.39, 0.29) is 27.3 Å². The zero-order chi connectivity index (χ0) is 24.3. The Morgan fingerprint density at radius 3 is 2.48 bits per heavy atom. The second-order valence-electron chi connectivity index (χ2n) is 7.03. The SMILES string of the molecule is CC/C=C(/C(C)=O)c1cc(Oc2c(Cl)cc(-n3nc(C#N)c(=O)[nH]c3=O)cc2Cl)ccc1C. The van der Waals surface area contributed by atoms with E-state index >= 15 is 0 Å². The van der Waals surface area contributed by atoms with Crippen molar-refractivity contribution >= 4 is 34.6 Å². The number of ketones is 1. The number of carbonyl (C=O) groups excluding carboxylic acids is 1. The van der Waals surface area contributed by atoms with Gasteiger partial charge in [-0.15, -0.1) is 5.10 Å². The number of aromatic amines is 1. The van der Waals surface area contributed by atoms with Crippen LogP contribution in [0.5, 0.6) is 11.5 Å². The van der Waals surface area contributed by atoms with Crippen molar-refractivity contribution in [1.29, 1.82) is 5.26 Å². The number of aromatic nitrogens is 3. The maximum absolute atomic E-state index is 12.1. The molecule has 10 heteroatoms. The van der Waals surface area contributed by atoms with Gasteiger partial charge in [0, 0.05) is 5.57 Å². The maximum atomic E-state index is 12.1. The second-order valence-corrected chi connectivity index (χ2v) is 7.85. The first-order valence-electron chi connectivity index (χ1n) is 9.79. The molecule has 3 rings (SSSR count). The summed E-state index contributed by atoms with van der Waals surface area (Å²) in [6, 6.07) is 9.60. The Labute approximate surface area is 198 Å². The molecule has 0 amide bonds. The molecule has 0 aliphatic heterocycles. The average Bonchev–Trinajstić information content (AvgIpc) is 2.75. The fourth-order valence-corrected chi connectivity index (χ4v) is 3.69. The lowest BCUT2D eigenvalue weighted by atomic mass is 9.96. The van der Waals surface area contributed by atoms with Crippen LogP contribution in [0.2, 0.25) is 10.0 Å². The molecule has 0 spiro atoms. The van der Waals surface area contributed by atoms with Crippen LogP contribution in [0.15, 0.2) is 46.0 Å². The van der Waals surface area contributed by atoms with Gasteiger partial charge in [-0.2, -0.15) is 9.94 Å². The van der Waals surface area contributed by atoms with Gasteiger partial charge in [0.1, 0.15) is 11.8 Å². The van der Waals surface area contributed by atoms with E-state index in [1.165, 1.54) is 19.1 Å². The molecule has 0 unspecified atom stereocenters. The molecule has 0 saturated heterocycles. The van der Waals surface area contributed by atoms with Gasteiger partial charge in [-0.05, 0) is 55.7 Å². The molecule has 1 N–H and O–H groups in total. The molecule has 168 valence electrons. The number of nitrogens with one attached hydrogen (secondary N) is 1. The van der Waals surface area contributed by atoms with Crippen LogP contribution in [-0.2, 0) is 4.79 Å². The summed E-state index contributed by atoms with van der Waals surface area (Å²) >= 11 is 12.7. The van der Waals surface area contributed by atoms with Crippen molar-refractivity contribution in [1.82, 2.24) is 14.8 Å². The number of benzene rings is 2. The summed E-state index contributed by atoms with van der Waals surface area (Å²) in [5, 5.41) is 12.9. The molecule has 0 fully saturated rings. The van der Waals surface area contributed by atoms with Gasteiger partial charge in [-0.3, -0.25) is 14.6 Å². The number of rotatable bonds is 6. The summed E-state index contributed by atoms with van der Waals surface area (Å²) in [4.78, 5) is 37.8. The summed E-state index contributed by atoms with van der Waals surface area (Å²) < 4.78 is 6.71. The fraction of sp³-hybridized carbons (Fsp3) is 0.174. The number of hydrogen-bond acceptors (Lipinski definition) is 6. The van der Waals surface area contributed by atoms with Crippen LogP contribution < -0.4 is 16.0 Å². The zero-order valence-electron chi connectivity index (χ0n) is 17.9. The van der Waals surface area contributed by atoms with E-state index in [0.717, 1.165) is 15.8 Å². The number of halogens is 2. The van der Waals surface area contributed by atoms with E-state index in [2.05, 4.69) is 5.10 Å². The summed E-state index contributed by atoms with van der Waals surface area (Å²) in [6.45, 7) is 5.35. The Balaban J connectivity index is 2.04. The van der Waals surface area contributed by atoms with Gasteiger partial charge < -0.3 is 4.74 Å².